The van der Waals surface area contributed by atoms with Crippen LogP contribution in [0.2, 0.25) is 0 Å². The van der Waals surface area contributed by atoms with Gasteiger partial charge in [-0.3, -0.25) is 10.6 Å². The Morgan fingerprint density at radius 2 is 2.10 bits per heavy atom. The molecule has 0 spiro atoms. The largest absolute Gasteiger partial charge is 0.464 e. The number of rotatable bonds is 2. The van der Waals surface area contributed by atoms with E-state index in [4.69, 9.17) is 10.6 Å². The predicted octanol–water partition coefficient (Wildman–Crippen LogP) is -0.503. The monoisotopic (exact) mass is 144 g/mol. The van der Waals surface area contributed by atoms with Gasteiger partial charge in [0.15, 0.2) is 0 Å². The molecule has 4 nitrogen and oxygen atoms in total. The lowest BCUT2D eigenvalue weighted by atomic mass is 10.1. The second-order valence-corrected chi connectivity index (χ2v) is 2.47. The lowest BCUT2D eigenvalue weighted by molar-refractivity contribution is -0.135. The minimum atomic E-state index is 0.0947. The number of carbonyl (C=O) groups excluding carboxylic acids is 1. The number of hydrazine groups is 1. The minimum Gasteiger partial charge on any atom is -0.464 e. The van der Waals surface area contributed by atoms with Crippen LogP contribution < -0.4 is 5.84 Å². The molecular formula is C6H12N2O2. The standard InChI is InChI=1S/C6H12N2O2/c7-8-3-1-6(2-4-8)10-5-9/h5-6H,1-4,7H2. The average Bonchev–Trinajstić information content (AvgIpc) is 1.95. The summed E-state index contributed by atoms with van der Waals surface area (Å²) in [5.74, 6) is 5.48. The lowest BCUT2D eigenvalue weighted by Gasteiger charge is -2.26. The number of carbonyl (C=O) groups is 1. The number of ether oxygens (including phenoxy) is 1. The van der Waals surface area contributed by atoms with Crippen LogP contribution in [0.25, 0.3) is 0 Å². The second-order valence-electron chi connectivity index (χ2n) is 2.47. The molecule has 1 aliphatic heterocycles. The molecule has 1 heterocycles. The summed E-state index contributed by atoms with van der Waals surface area (Å²) in [5, 5.41) is 1.74. The van der Waals surface area contributed by atoms with Crippen LogP contribution in [0.4, 0.5) is 0 Å². The SMILES string of the molecule is NN1CCC(OC=O)CC1. The van der Waals surface area contributed by atoms with E-state index < -0.39 is 0 Å². The highest BCUT2D eigenvalue weighted by molar-refractivity contribution is 5.37. The first-order valence-corrected chi connectivity index (χ1v) is 3.41. The van der Waals surface area contributed by atoms with Crippen LogP contribution in [0.15, 0.2) is 0 Å². The molecule has 0 bridgehead atoms. The number of piperidine rings is 1. The highest BCUT2D eigenvalue weighted by Gasteiger charge is 2.16. The van der Waals surface area contributed by atoms with E-state index in [1.54, 1.807) is 5.01 Å². The van der Waals surface area contributed by atoms with E-state index in [0.29, 0.717) is 6.47 Å². The molecule has 2 N–H and O–H groups in total. The van der Waals surface area contributed by atoms with E-state index in [-0.39, 0.29) is 6.10 Å². The van der Waals surface area contributed by atoms with Gasteiger partial charge in [-0.05, 0) is 12.8 Å². The van der Waals surface area contributed by atoms with Gasteiger partial charge in [-0.25, -0.2) is 5.01 Å². The number of nitrogens with two attached hydrogens (primary N) is 1. The fourth-order valence-electron chi connectivity index (χ4n) is 1.09. The van der Waals surface area contributed by atoms with Crippen LogP contribution in [-0.4, -0.2) is 30.7 Å². The molecule has 0 atom stereocenters. The fourth-order valence-corrected chi connectivity index (χ4v) is 1.09. The van der Waals surface area contributed by atoms with E-state index >= 15 is 0 Å². The van der Waals surface area contributed by atoms with Gasteiger partial charge >= 0.3 is 0 Å². The molecule has 1 saturated heterocycles. The Kier molecular flexibility index (Phi) is 2.65. The quantitative estimate of drug-likeness (QED) is 0.419. The Balaban J connectivity index is 2.19. The third kappa shape index (κ3) is 1.97. The molecule has 0 unspecified atom stereocenters. The van der Waals surface area contributed by atoms with E-state index in [1.807, 2.05) is 0 Å². The maximum Gasteiger partial charge on any atom is 0.293 e. The van der Waals surface area contributed by atoms with Crippen molar-refractivity contribution in [3.05, 3.63) is 0 Å². The zero-order chi connectivity index (χ0) is 7.40. The van der Waals surface area contributed by atoms with Gasteiger partial charge < -0.3 is 4.74 Å². The summed E-state index contributed by atoms with van der Waals surface area (Å²) in [7, 11) is 0. The molecule has 1 fully saturated rings. The van der Waals surface area contributed by atoms with Gasteiger partial charge in [0.05, 0.1) is 0 Å². The summed E-state index contributed by atoms with van der Waals surface area (Å²) in [4.78, 5) is 9.89. The van der Waals surface area contributed by atoms with Gasteiger partial charge in [-0.1, -0.05) is 0 Å². The van der Waals surface area contributed by atoms with Crippen molar-refractivity contribution < 1.29 is 9.53 Å². The third-order valence-electron chi connectivity index (χ3n) is 1.72. The van der Waals surface area contributed by atoms with Crippen molar-refractivity contribution in [2.24, 2.45) is 5.84 Å². The molecule has 1 rings (SSSR count). The molecule has 0 radical (unpaired) electrons. The van der Waals surface area contributed by atoms with Crippen LogP contribution in [0.1, 0.15) is 12.8 Å². The minimum absolute atomic E-state index is 0.0947. The first kappa shape index (κ1) is 7.50. The van der Waals surface area contributed by atoms with E-state index in [1.165, 1.54) is 0 Å². The maximum absolute atomic E-state index is 9.89. The van der Waals surface area contributed by atoms with Crippen LogP contribution in [-0.2, 0) is 9.53 Å². The molecule has 1 aliphatic rings. The van der Waals surface area contributed by atoms with Gasteiger partial charge in [0.25, 0.3) is 6.47 Å². The molecule has 0 aliphatic carbocycles. The number of hydrogen-bond acceptors (Lipinski definition) is 4. The normalized spacial score (nSPS) is 22.5. The van der Waals surface area contributed by atoms with Crippen molar-refractivity contribution >= 4 is 6.47 Å². The molecule has 0 aromatic rings. The maximum atomic E-state index is 9.89. The Labute approximate surface area is 59.9 Å². The third-order valence-corrected chi connectivity index (χ3v) is 1.72. The molecule has 10 heavy (non-hydrogen) atoms. The summed E-state index contributed by atoms with van der Waals surface area (Å²) >= 11 is 0. The van der Waals surface area contributed by atoms with Gasteiger partial charge in [-0.15, -0.1) is 0 Å². The first-order valence-electron chi connectivity index (χ1n) is 3.41. The number of hydrogen-bond donors (Lipinski definition) is 1. The van der Waals surface area contributed by atoms with Crippen molar-refractivity contribution in [3.8, 4) is 0 Å². The lowest BCUT2D eigenvalue weighted by Crippen LogP contribution is -2.41. The van der Waals surface area contributed by atoms with E-state index in [0.717, 1.165) is 25.9 Å². The molecule has 0 saturated carbocycles. The number of nitrogens with zero attached hydrogens (tertiary/aromatic N) is 1. The van der Waals surface area contributed by atoms with Crippen LogP contribution in [0.5, 0.6) is 0 Å². The zero-order valence-electron chi connectivity index (χ0n) is 5.82. The Bertz CT molecular complexity index is 110. The first-order chi connectivity index (χ1) is 4.83. The summed E-state index contributed by atoms with van der Waals surface area (Å²) in [6, 6.07) is 0. The van der Waals surface area contributed by atoms with E-state index in [9.17, 15) is 4.79 Å². The van der Waals surface area contributed by atoms with Crippen LogP contribution in [0.3, 0.4) is 0 Å². The highest BCUT2D eigenvalue weighted by Crippen LogP contribution is 2.09. The van der Waals surface area contributed by atoms with Gasteiger partial charge in [0, 0.05) is 13.1 Å². The Hall–Kier alpha value is -0.610. The van der Waals surface area contributed by atoms with Crippen LogP contribution in [0, 0.1) is 0 Å². The molecule has 0 amide bonds. The fraction of sp³-hybridized carbons (Fsp3) is 0.833. The van der Waals surface area contributed by atoms with Crippen molar-refractivity contribution in [1.29, 1.82) is 0 Å². The smallest absolute Gasteiger partial charge is 0.293 e. The highest BCUT2D eigenvalue weighted by atomic mass is 16.5. The van der Waals surface area contributed by atoms with Gasteiger partial charge in [0.1, 0.15) is 6.10 Å². The molecule has 58 valence electrons. The van der Waals surface area contributed by atoms with Crippen molar-refractivity contribution in [1.82, 2.24) is 5.01 Å². The molecule has 0 aromatic carbocycles. The summed E-state index contributed by atoms with van der Waals surface area (Å²) in [6.07, 6.45) is 1.81. The van der Waals surface area contributed by atoms with Crippen molar-refractivity contribution in [3.63, 3.8) is 0 Å². The van der Waals surface area contributed by atoms with Crippen LogP contribution >= 0.6 is 0 Å². The van der Waals surface area contributed by atoms with E-state index in [2.05, 4.69) is 0 Å². The second kappa shape index (κ2) is 3.53. The summed E-state index contributed by atoms with van der Waals surface area (Å²) < 4.78 is 4.77. The Morgan fingerprint density at radius 1 is 1.50 bits per heavy atom. The van der Waals surface area contributed by atoms with Gasteiger partial charge in [0.2, 0.25) is 0 Å². The molecule has 0 aromatic heterocycles. The zero-order valence-corrected chi connectivity index (χ0v) is 5.82. The van der Waals surface area contributed by atoms with Crippen molar-refractivity contribution in [2.45, 2.75) is 18.9 Å². The summed E-state index contributed by atoms with van der Waals surface area (Å²) in [6.45, 7) is 2.15. The van der Waals surface area contributed by atoms with Crippen molar-refractivity contribution in [2.75, 3.05) is 13.1 Å². The Morgan fingerprint density at radius 3 is 2.60 bits per heavy atom. The predicted molar refractivity (Wildman–Crippen MR) is 35.9 cm³/mol. The van der Waals surface area contributed by atoms with Gasteiger partial charge in [-0.2, -0.15) is 0 Å². The average molecular weight is 144 g/mol. The molecule has 4 heteroatoms. The molecular weight excluding hydrogens is 132 g/mol. The summed E-state index contributed by atoms with van der Waals surface area (Å²) in [5.41, 5.74) is 0. The topological polar surface area (TPSA) is 55.6 Å².